The SMILES string of the molecule is CN1CCN(C[C@@H](O)COCCOc2ccccc2Br)CC1. The molecule has 1 aliphatic heterocycles. The normalized spacial score (nSPS) is 18.3. The Morgan fingerprint density at radius 3 is 2.64 bits per heavy atom. The second-order valence-corrected chi connectivity index (χ2v) is 6.47. The van der Waals surface area contributed by atoms with E-state index in [1.807, 2.05) is 24.3 Å². The van der Waals surface area contributed by atoms with Crippen molar-refractivity contribution < 1.29 is 14.6 Å². The van der Waals surface area contributed by atoms with Crippen LogP contribution in [0.1, 0.15) is 0 Å². The minimum absolute atomic E-state index is 0.353. The lowest BCUT2D eigenvalue weighted by atomic mass is 10.3. The summed E-state index contributed by atoms with van der Waals surface area (Å²) in [6.07, 6.45) is -0.438. The summed E-state index contributed by atoms with van der Waals surface area (Å²) in [6.45, 7) is 6.13. The van der Waals surface area contributed by atoms with Crippen LogP contribution < -0.4 is 4.74 Å². The first kappa shape index (κ1) is 17.7. The van der Waals surface area contributed by atoms with Crippen LogP contribution in [0.4, 0.5) is 0 Å². The molecule has 0 bridgehead atoms. The van der Waals surface area contributed by atoms with E-state index in [9.17, 15) is 5.11 Å². The Labute approximate surface area is 140 Å². The maximum Gasteiger partial charge on any atom is 0.133 e. The van der Waals surface area contributed by atoms with Gasteiger partial charge in [-0.25, -0.2) is 0 Å². The van der Waals surface area contributed by atoms with Crippen LogP contribution in [0.15, 0.2) is 28.7 Å². The Hall–Kier alpha value is -0.660. The van der Waals surface area contributed by atoms with Gasteiger partial charge in [0.05, 0.1) is 23.8 Å². The van der Waals surface area contributed by atoms with Crippen LogP contribution in [-0.4, -0.2) is 80.6 Å². The van der Waals surface area contributed by atoms with Crippen LogP contribution in [0.3, 0.4) is 0 Å². The number of nitrogens with zero attached hydrogens (tertiary/aromatic N) is 2. The number of hydrogen-bond acceptors (Lipinski definition) is 5. The van der Waals surface area contributed by atoms with Crippen LogP contribution in [0.5, 0.6) is 5.75 Å². The Morgan fingerprint density at radius 2 is 1.91 bits per heavy atom. The second kappa shape index (κ2) is 9.47. The highest BCUT2D eigenvalue weighted by molar-refractivity contribution is 9.10. The molecule has 22 heavy (non-hydrogen) atoms. The summed E-state index contributed by atoms with van der Waals surface area (Å²) < 4.78 is 12.0. The van der Waals surface area contributed by atoms with Gasteiger partial charge in [0.2, 0.25) is 0 Å². The third-order valence-corrected chi connectivity index (χ3v) is 4.35. The van der Waals surface area contributed by atoms with E-state index in [2.05, 4.69) is 32.8 Å². The van der Waals surface area contributed by atoms with E-state index in [0.29, 0.717) is 26.4 Å². The number of halogens is 1. The molecule has 6 heteroatoms. The van der Waals surface area contributed by atoms with Crippen molar-refractivity contribution in [3.05, 3.63) is 28.7 Å². The number of aliphatic hydroxyl groups is 1. The summed E-state index contributed by atoms with van der Waals surface area (Å²) >= 11 is 3.43. The molecule has 1 fully saturated rings. The van der Waals surface area contributed by atoms with E-state index in [4.69, 9.17) is 9.47 Å². The summed E-state index contributed by atoms with van der Waals surface area (Å²) in [4.78, 5) is 4.59. The predicted octanol–water partition coefficient (Wildman–Crippen LogP) is 1.45. The Morgan fingerprint density at radius 1 is 1.18 bits per heavy atom. The quantitative estimate of drug-likeness (QED) is 0.699. The number of para-hydroxylation sites is 1. The van der Waals surface area contributed by atoms with Gasteiger partial charge in [0.25, 0.3) is 0 Å². The van der Waals surface area contributed by atoms with Crippen molar-refractivity contribution in [1.82, 2.24) is 9.80 Å². The molecule has 0 amide bonds. The average Bonchev–Trinajstić information content (AvgIpc) is 2.51. The standard InChI is InChI=1S/C16H25BrN2O3/c1-18-6-8-19(9-7-18)12-14(20)13-21-10-11-22-16-5-3-2-4-15(16)17/h2-5,14,20H,6-13H2,1H3/t14-/m1/s1. The van der Waals surface area contributed by atoms with E-state index < -0.39 is 6.10 Å². The van der Waals surface area contributed by atoms with Crippen LogP contribution in [0.25, 0.3) is 0 Å². The molecule has 0 unspecified atom stereocenters. The first-order chi connectivity index (χ1) is 10.6. The summed E-state index contributed by atoms with van der Waals surface area (Å²) in [5.74, 6) is 0.809. The fraction of sp³-hybridized carbons (Fsp3) is 0.625. The third kappa shape index (κ3) is 6.22. The first-order valence-corrected chi connectivity index (χ1v) is 8.48. The molecule has 1 atom stereocenters. The van der Waals surface area contributed by atoms with E-state index in [1.165, 1.54) is 0 Å². The molecule has 5 nitrogen and oxygen atoms in total. The van der Waals surface area contributed by atoms with Crippen molar-refractivity contribution in [1.29, 1.82) is 0 Å². The zero-order valence-corrected chi connectivity index (χ0v) is 14.7. The van der Waals surface area contributed by atoms with Crippen molar-refractivity contribution in [2.45, 2.75) is 6.10 Å². The van der Waals surface area contributed by atoms with Crippen molar-refractivity contribution >= 4 is 15.9 Å². The smallest absolute Gasteiger partial charge is 0.133 e. The zero-order chi connectivity index (χ0) is 15.8. The summed E-state index contributed by atoms with van der Waals surface area (Å²) in [6, 6.07) is 7.73. The van der Waals surface area contributed by atoms with Gasteiger partial charge in [-0.1, -0.05) is 12.1 Å². The molecule has 0 saturated carbocycles. The largest absolute Gasteiger partial charge is 0.490 e. The molecule has 0 radical (unpaired) electrons. The number of β-amino-alcohol motifs (C(OH)–C–C–N with tert-alkyl or cyclic N) is 1. The minimum atomic E-state index is -0.438. The molecular formula is C16H25BrN2O3. The van der Waals surface area contributed by atoms with E-state index >= 15 is 0 Å². The topological polar surface area (TPSA) is 45.2 Å². The van der Waals surface area contributed by atoms with Gasteiger partial charge in [0, 0.05) is 32.7 Å². The predicted molar refractivity (Wildman–Crippen MR) is 90.4 cm³/mol. The molecule has 124 valence electrons. The lowest BCUT2D eigenvalue weighted by Gasteiger charge is -2.33. The van der Waals surface area contributed by atoms with Gasteiger partial charge < -0.3 is 19.5 Å². The lowest BCUT2D eigenvalue weighted by Crippen LogP contribution is -2.47. The van der Waals surface area contributed by atoms with Gasteiger partial charge in [0.1, 0.15) is 12.4 Å². The maximum atomic E-state index is 10.00. The zero-order valence-electron chi connectivity index (χ0n) is 13.1. The molecule has 2 rings (SSSR count). The van der Waals surface area contributed by atoms with Crippen LogP contribution in [0, 0.1) is 0 Å². The van der Waals surface area contributed by atoms with Crippen molar-refractivity contribution in [2.75, 3.05) is 59.6 Å². The monoisotopic (exact) mass is 372 g/mol. The molecule has 1 heterocycles. The summed E-state index contributed by atoms with van der Waals surface area (Å²) in [5.41, 5.74) is 0. The highest BCUT2D eigenvalue weighted by Gasteiger charge is 2.16. The van der Waals surface area contributed by atoms with Crippen molar-refractivity contribution in [2.24, 2.45) is 0 Å². The van der Waals surface area contributed by atoms with Crippen LogP contribution in [0.2, 0.25) is 0 Å². The van der Waals surface area contributed by atoms with E-state index in [0.717, 1.165) is 36.4 Å². The Kier molecular flexibility index (Phi) is 7.62. The molecule has 1 saturated heterocycles. The van der Waals surface area contributed by atoms with Gasteiger partial charge >= 0.3 is 0 Å². The highest BCUT2D eigenvalue weighted by atomic mass is 79.9. The average molecular weight is 373 g/mol. The van der Waals surface area contributed by atoms with Gasteiger partial charge in [-0.15, -0.1) is 0 Å². The van der Waals surface area contributed by atoms with E-state index in [-0.39, 0.29) is 0 Å². The minimum Gasteiger partial charge on any atom is -0.490 e. The fourth-order valence-corrected chi connectivity index (χ4v) is 2.77. The first-order valence-electron chi connectivity index (χ1n) is 7.69. The van der Waals surface area contributed by atoms with Crippen LogP contribution >= 0.6 is 15.9 Å². The Bertz CT molecular complexity index is 439. The highest BCUT2D eigenvalue weighted by Crippen LogP contribution is 2.23. The molecule has 1 aromatic rings. The molecule has 1 aromatic carbocycles. The molecule has 1 aliphatic rings. The maximum absolute atomic E-state index is 10.00. The fourth-order valence-electron chi connectivity index (χ4n) is 2.37. The van der Waals surface area contributed by atoms with Gasteiger partial charge in [0.15, 0.2) is 0 Å². The van der Waals surface area contributed by atoms with Crippen molar-refractivity contribution in [3.63, 3.8) is 0 Å². The van der Waals surface area contributed by atoms with E-state index in [1.54, 1.807) is 0 Å². The number of benzene rings is 1. The third-order valence-electron chi connectivity index (χ3n) is 3.70. The van der Waals surface area contributed by atoms with Gasteiger partial charge in [-0.3, -0.25) is 4.90 Å². The molecule has 0 aliphatic carbocycles. The molecular weight excluding hydrogens is 348 g/mol. The number of likely N-dealkylation sites (N-methyl/N-ethyl adjacent to an activating group) is 1. The summed E-state index contributed by atoms with van der Waals surface area (Å²) in [5, 5.41) is 10.00. The number of piperazine rings is 1. The summed E-state index contributed by atoms with van der Waals surface area (Å²) in [7, 11) is 2.13. The number of aliphatic hydroxyl groups excluding tert-OH is 1. The molecule has 1 N–H and O–H groups in total. The van der Waals surface area contributed by atoms with Crippen molar-refractivity contribution in [3.8, 4) is 5.75 Å². The number of hydrogen-bond donors (Lipinski definition) is 1. The molecule has 0 aromatic heterocycles. The Balaban J connectivity index is 1.54. The van der Waals surface area contributed by atoms with Gasteiger partial charge in [-0.2, -0.15) is 0 Å². The molecule has 0 spiro atoms. The van der Waals surface area contributed by atoms with Gasteiger partial charge in [-0.05, 0) is 35.1 Å². The second-order valence-electron chi connectivity index (χ2n) is 5.61. The van der Waals surface area contributed by atoms with Crippen LogP contribution in [-0.2, 0) is 4.74 Å². The number of ether oxygens (including phenoxy) is 2. The number of rotatable bonds is 8. The lowest BCUT2D eigenvalue weighted by molar-refractivity contribution is 0.00144.